The highest BCUT2D eigenvalue weighted by Crippen LogP contribution is 2.21. The Bertz CT molecular complexity index is 303. The number of hydrogen-bond donors (Lipinski definition) is 2. The summed E-state index contributed by atoms with van der Waals surface area (Å²) in [6.07, 6.45) is 7.11. The third kappa shape index (κ3) is 4.63. The second-order valence-corrected chi connectivity index (χ2v) is 6.08. The van der Waals surface area contributed by atoms with Gasteiger partial charge in [-0.25, -0.2) is 4.79 Å². The number of rotatable bonds is 5. The molecule has 0 aromatic heterocycles. The van der Waals surface area contributed by atoms with Crippen LogP contribution in [0.1, 0.15) is 51.9 Å². The van der Waals surface area contributed by atoms with Gasteiger partial charge in [-0.1, -0.05) is 0 Å². The maximum absolute atomic E-state index is 12.2. The number of carbonyl (C=O) groups excluding carboxylic acids is 1. The molecule has 116 valence electrons. The zero-order chi connectivity index (χ0) is 14.4. The van der Waals surface area contributed by atoms with E-state index in [1.54, 1.807) is 6.92 Å². The minimum absolute atomic E-state index is 0.0176. The van der Waals surface area contributed by atoms with Crippen molar-refractivity contribution < 1.29 is 14.6 Å². The molecule has 2 aliphatic rings. The summed E-state index contributed by atoms with van der Waals surface area (Å²) < 4.78 is 5.66. The largest absolute Gasteiger partial charge is 0.393 e. The highest BCUT2D eigenvalue weighted by Gasteiger charge is 2.29. The molecule has 2 rings (SSSR count). The Hall–Kier alpha value is -0.810. The van der Waals surface area contributed by atoms with Crippen molar-refractivity contribution in [3.8, 4) is 0 Å². The molecule has 2 amide bonds. The molecular weight excluding hydrogens is 256 g/mol. The standard InChI is InChI=1S/C15H28N2O3/c1-12(18)11-13-5-4-9-17(13)15(19)16-8-7-14-6-2-3-10-20-14/h12-14,18H,2-11H2,1H3,(H,16,19). The van der Waals surface area contributed by atoms with Crippen LogP contribution in [-0.2, 0) is 4.74 Å². The summed E-state index contributed by atoms with van der Waals surface area (Å²) >= 11 is 0. The zero-order valence-electron chi connectivity index (χ0n) is 12.5. The third-order valence-corrected chi connectivity index (χ3v) is 4.27. The van der Waals surface area contributed by atoms with Crippen LogP contribution in [0.5, 0.6) is 0 Å². The number of urea groups is 1. The van der Waals surface area contributed by atoms with Crippen LogP contribution in [0.4, 0.5) is 4.79 Å². The van der Waals surface area contributed by atoms with Gasteiger partial charge in [-0.3, -0.25) is 0 Å². The number of nitrogens with one attached hydrogen (secondary N) is 1. The number of nitrogens with zero attached hydrogens (tertiary/aromatic N) is 1. The van der Waals surface area contributed by atoms with E-state index in [0.29, 0.717) is 19.1 Å². The van der Waals surface area contributed by atoms with E-state index in [1.807, 2.05) is 4.90 Å². The number of aliphatic hydroxyl groups is 1. The van der Waals surface area contributed by atoms with Gasteiger partial charge in [-0.15, -0.1) is 0 Å². The molecule has 0 radical (unpaired) electrons. The van der Waals surface area contributed by atoms with Crippen molar-refractivity contribution in [2.45, 2.75) is 70.1 Å². The van der Waals surface area contributed by atoms with Gasteiger partial charge in [0.1, 0.15) is 0 Å². The quantitative estimate of drug-likeness (QED) is 0.810. The van der Waals surface area contributed by atoms with Crippen LogP contribution in [0.2, 0.25) is 0 Å². The maximum Gasteiger partial charge on any atom is 0.317 e. The van der Waals surface area contributed by atoms with Gasteiger partial charge in [0.2, 0.25) is 0 Å². The summed E-state index contributed by atoms with van der Waals surface area (Å²) in [5, 5.41) is 12.5. The number of amides is 2. The van der Waals surface area contributed by atoms with Gasteiger partial charge in [0.15, 0.2) is 0 Å². The average Bonchev–Trinajstić information content (AvgIpc) is 2.87. The fourth-order valence-electron chi connectivity index (χ4n) is 3.22. The Morgan fingerprint density at radius 1 is 1.40 bits per heavy atom. The minimum atomic E-state index is -0.343. The molecule has 0 saturated carbocycles. The van der Waals surface area contributed by atoms with Gasteiger partial charge in [0.25, 0.3) is 0 Å². The van der Waals surface area contributed by atoms with Gasteiger partial charge in [0, 0.05) is 25.7 Å². The molecule has 0 spiro atoms. The number of ether oxygens (including phenoxy) is 1. The van der Waals surface area contributed by atoms with E-state index in [2.05, 4.69) is 5.32 Å². The SMILES string of the molecule is CC(O)CC1CCCN1C(=O)NCCC1CCCCO1. The number of aliphatic hydroxyl groups excluding tert-OH is 1. The van der Waals surface area contributed by atoms with Crippen LogP contribution in [0, 0.1) is 0 Å². The van der Waals surface area contributed by atoms with Crippen LogP contribution in [0.3, 0.4) is 0 Å². The molecule has 0 aromatic rings. The van der Waals surface area contributed by atoms with E-state index in [9.17, 15) is 9.90 Å². The number of carbonyl (C=O) groups is 1. The van der Waals surface area contributed by atoms with Crippen LogP contribution < -0.4 is 5.32 Å². The van der Waals surface area contributed by atoms with Gasteiger partial charge >= 0.3 is 6.03 Å². The van der Waals surface area contributed by atoms with Crippen LogP contribution in [0.15, 0.2) is 0 Å². The third-order valence-electron chi connectivity index (χ3n) is 4.27. The van der Waals surface area contributed by atoms with Crippen LogP contribution in [0.25, 0.3) is 0 Å². The van der Waals surface area contributed by atoms with E-state index in [0.717, 1.165) is 45.3 Å². The predicted octanol–water partition coefficient (Wildman–Crippen LogP) is 1.89. The first-order chi connectivity index (χ1) is 9.66. The van der Waals surface area contributed by atoms with Gasteiger partial charge in [-0.2, -0.15) is 0 Å². The van der Waals surface area contributed by atoms with E-state index in [1.165, 1.54) is 6.42 Å². The molecule has 0 aliphatic carbocycles. The Labute approximate surface area is 121 Å². The lowest BCUT2D eigenvalue weighted by Crippen LogP contribution is -2.44. The van der Waals surface area contributed by atoms with Crippen molar-refractivity contribution in [1.82, 2.24) is 10.2 Å². The molecular formula is C15H28N2O3. The molecule has 0 aromatic carbocycles. The summed E-state index contributed by atoms with van der Waals surface area (Å²) in [5.74, 6) is 0. The summed E-state index contributed by atoms with van der Waals surface area (Å²) in [5.41, 5.74) is 0. The van der Waals surface area contributed by atoms with Gasteiger partial charge in [-0.05, 0) is 51.9 Å². The lowest BCUT2D eigenvalue weighted by atomic mass is 10.1. The van der Waals surface area contributed by atoms with Gasteiger partial charge < -0.3 is 20.1 Å². The molecule has 2 N–H and O–H groups in total. The smallest absolute Gasteiger partial charge is 0.317 e. The van der Waals surface area contributed by atoms with Crippen molar-refractivity contribution in [2.24, 2.45) is 0 Å². The number of likely N-dealkylation sites (tertiary alicyclic amines) is 1. The van der Waals surface area contributed by atoms with Crippen LogP contribution >= 0.6 is 0 Å². The lowest BCUT2D eigenvalue weighted by molar-refractivity contribution is 0.0118. The minimum Gasteiger partial charge on any atom is -0.393 e. The van der Waals surface area contributed by atoms with E-state index < -0.39 is 0 Å². The summed E-state index contributed by atoms with van der Waals surface area (Å²) in [4.78, 5) is 14.1. The monoisotopic (exact) mass is 284 g/mol. The van der Waals surface area contributed by atoms with E-state index >= 15 is 0 Å². The molecule has 3 unspecified atom stereocenters. The Kier molecular flexibility index (Phi) is 6.10. The average molecular weight is 284 g/mol. The zero-order valence-corrected chi connectivity index (χ0v) is 12.5. The summed E-state index contributed by atoms with van der Waals surface area (Å²) in [6.45, 7) is 4.14. The molecule has 20 heavy (non-hydrogen) atoms. The topological polar surface area (TPSA) is 61.8 Å². The van der Waals surface area contributed by atoms with Crippen LogP contribution in [-0.4, -0.2) is 54.0 Å². The Balaban J connectivity index is 1.68. The Morgan fingerprint density at radius 2 is 2.25 bits per heavy atom. The van der Waals surface area contributed by atoms with E-state index in [-0.39, 0.29) is 18.2 Å². The normalized spacial score (nSPS) is 28.4. The molecule has 2 aliphatic heterocycles. The lowest BCUT2D eigenvalue weighted by Gasteiger charge is -2.27. The van der Waals surface area contributed by atoms with Crippen molar-refractivity contribution in [3.63, 3.8) is 0 Å². The molecule has 3 atom stereocenters. The van der Waals surface area contributed by atoms with Gasteiger partial charge in [0.05, 0.1) is 12.2 Å². The second-order valence-electron chi connectivity index (χ2n) is 6.08. The summed E-state index contributed by atoms with van der Waals surface area (Å²) in [6, 6.07) is 0.213. The molecule has 5 nitrogen and oxygen atoms in total. The van der Waals surface area contributed by atoms with Crippen molar-refractivity contribution in [3.05, 3.63) is 0 Å². The molecule has 2 saturated heterocycles. The second kappa shape index (κ2) is 7.84. The first-order valence-corrected chi connectivity index (χ1v) is 8.01. The predicted molar refractivity (Wildman–Crippen MR) is 77.6 cm³/mol. The first-order valence-electron chi connectivity index (χ1n) is 8.01. The molecule has 2 fully saturated rings. The summed E-state index contributed by atoms with van der Waals surface area (Å²) in [7, 11) is 0. The fourth-order valence-corrected chi connectivity index (χ4v) is 3.22. The highest BCUT2D eigenvalue weighted by molar-refractivity contribution is 5.74. The number of hydrogen-bond acceptors (Lipinski definition) is 3. The highest BCUT2D eigenvalue weighted by atomic mass is 16.5. The van der Waals surface area contributed by atoms with E-state index in [4.69, 9.17) is 4.74 Å². The van der Waals surface area contributed by atoms with Crippen molar-refractivity contribution >= 4 is 6.03 Å². The first kappa shape index (κ1) is 15.6. The molecule has 5 heteroatoms. The Morgan fingerprint density at radius 3 is 2.95 bits per heavy atom. The van der Waals surface area contributed by atoms with Crippen molar-refractivity contribution in [2.75, 3.05) is 19.7 Å². The molecule has 0 bridgehead atoms. The maximum atomic E-state index is 12.2. The van der Waals surface area contributed by atoms with Crippen molar-refractivity contribution in [1.29, 1.82) is 0 Å². The fraction of sp³-hybridized carbons (Fsp3) is 0.933. The molecule has 2 heterocycles.